The molecule has 0 saturated carbocycles. The van der Waals surface area contributed by atoms with E-state index in [9.17, 15) is 49.1 Å². The van der Waals surface area contributed by atoms with Crippen LogP contribution in [0.15, 0.2) is 35.9 Å². The van der Waals surface area contributed by atoms with E-state index < -0.39 is 70.6 Å². The van der Waals surface area contributed by atoms with Crippen LogP contribution in [0.3, 0.4) is 0 Å². The van der Waals surface area contributed by atoms with Crippen molar-refractivity contribution in [2.45, 2.75) is 84.1 Å². The first-order valence-electron chi connectivity index (χ1n) is 15.0. The first-order valence-corrected chi connectivity index (χ1v) is 15.0. The van der Waals surface area contributed by atoms with Gasteiger partial charge in [-0.05, 0) is 78.6 Å². The molecule has 0 radical (unpaired) electrons. The fraction of sp³-hybridized carbons (Fsp3) is 0.515. The first-order chi connectivity index (χ1) is 22.0. The highest BCUT2D eigenvalue weighted by atomic mass is 19.4. The average molecular weight is 695 g/mol. The molecular weight excluding hydrogens is 659 g/mol. The molecule has 264 valence electrons. The molecule has 48 heavy (non-hydrogen) atoms. The van der Waals surface area contributed by atoms with Crippen molar-refractivity contribution in [1.82, 2.24) is 4.90 Å². The van der Waals surface area contributed by atoms with Gasteiger partial charge in [0.2, 0.25) is 5.91 Å². The predicted molar refractivity (Wildman–Crippen MR) is 158 cm³/mol. The average Bonchev–Trinajstić information content (AvgIpc) is 3.26. The number of alkyl halides is 9. The number of nitrogens with zero attached hydrogens (tertiary/aromatic N) is 2. The lowest BCUT2D eigenvalue weighted by Gasteiger charge is -2.36. The maximum Gasteiger partial charge on any atom is 0.418 e. The fourth-order valence-electron chi connectivity index (χ4n) is 6.25. The molecule has 1 fully saturated rings. The molecule has 1 saturated heterocycles. The van der Waals surface area contributed by atoms with Crippen molar-refractivity contribution < 1.29 is 58.6 Å². The van der Waals surface area contributed by atoms with E-state index in [2.05, 4.69) is 0 Å². The van der Waals surface area contributed by atoms with Crippen LogP contribution >= 0.6 is 0 Å². The second kappa shape index (κ2) is 12.8. The number of anilines is 1. The molecule has 0 N–H and O–H groups in total. The lowest BCUT2D eigenvalue weighted by molar-refractivity contribution is -0.143. The summed E-state index contributed by atoms with van der Waals surface area (Å²) in [4.78, 5) is 27.8. The Kier molecular flexibility index (Phi) is 9.88. The highest BCUT2D eigenvalue weighted by Crippen LogP contribution is 2.49. The molecule has 1 aliphatic carbocycles. The third-order valence-electron chi connectivity index (χ3n) is 8.85. The van der Waals surface area contributed by atoms with Gasteiger partial charge < -0.3 is 14.4 Å². The van der Waals surface area contributed by atoms with Crippen LogP contribution < -0.4 is 9.64 Å². The minimum absolute atomic E-state index is 0.0128. The highest BCUT2D eigenvalue weighted by Gasteiger charge is 2.45. The predicted octanol–water partition coefficient (Wildman–Crippen LogP) is 9.67. The molecule has 2 aromatic rings. The van der Waals surface area contributed by atoms with Crippen molar-refractivity contribution in [3.8, 4) is 5.75 Å². The number of cyclic esters (lactones) is 1. The molecular formula is C33H35F9N2O4. The van der Waals surface area contributed by atoms with Gasteiger partial charge in [-0.15, -0.1) is 0 Å². The Balaban J connectivity index is 1.83. The van der Waals surface area contributed by atoms with Gasteiger partial charge in [-0.2, -0.15) is 39.5 Å². The number of halogens is 9. The summed E-state index contributed by atoms with van der Waals surface area (Å²) in [6.45, 7) is 6.65. The van der Waals surface area contributed by atoms with Crippen LogP contribution in [0.5, 0.6) is 5.75 Å². The van der Waals surface area contributed by atoms with Crippen LogP contribution in [0, 0.1) is 5.41 Å². The lowest BCUT2D eigenvalue weighted by Crippen LogP contribution is -2.35. The van der Waals surface area contributed by atoms with Crippen molar-refractivity contribution in [3.63, 3.8) is 0 Å². The monoisotopic (exact) mass is 694 g/mol. The Morgan fingerprint density at radius 1 is 0.979 bits per heavy atom. The van der Waals surface area contributed by atoms with E-state index in [0.717, 1.165) is 11.0 Å². The zero-order chi connectivity index (χ0) is 36.1. The van der Waals surface area contributed by atoms with Gasteiger partial charge in [-0.3, -0.25) is 9.69 Å². The SMILES string of the molecule is CCC(=O)N(C)c1cc(C2=C(CN3C(=O)O[C@H](c4cc(C(F)(F)F)cc(C(F)(F)F)c4)[C@@H]3C)CC(C)(C)CC2)c(OC)cc1C(F)(F)F. The summed E-state index contributed by atoms with van der Waals surface area (Å²) in [5, 5.41) is 0. The molecule has 0 spiro atoms. The topological polar surface area (TPSA) is 59.1 Å². The molecule has 2 aromatic carbocycles. The van der Waals surface area contributed by atoms with Gasteiger partial charge in [0, 0.05) is 25.6 Å². The molecule has 1 heterocycles. The van der Waals surface area contributed by atoms with Crippen LogP contribution in [0.2, 0.25) is 0 Å². The number of methoxy groups -OCH3 is 1. The summed E-state index contributed by atoms with van der Waals surface area (Å²) >= 11 is 0. The van der Waals surface area contributed by atoms with E-state index >= 15 is 0 Å². The zero-order valence-electron chi connectivity index (χ0n) is 27.0. The van der Waals surface area contributed by atoms with Crippen molar-refractivity contribution in [2.24, 2.45) is 5.41 Å². The summed E-state index contributed by atoms with van der Waals surface area (Å²) in [7, 11) is 2.42. The fourth-order valence-corrected chi connectivity index (χ4v) is 6.25. The first kappa shape index (κ1) is 36.9. The summed E-state index contributed by atoms with van der Waals surface area (Å²) in [6.07, 6.45) is -16.3. The molecule has 0 unspecified atom stereocenters. The highest BCUT2D eigenvalue weighted by molar-refractivity contribution is 5.94. The number of allylic oxidation sites excluding steroid dienone is 1. The maximum atomic E-state index is 14.2. The zero-order valence-corrected chi connectivity index (χ0v) is 27.0. The van der Waals surface area contributed by atoms with Gasteiger partial charge in [0.1, 0.15) is 11.9 Å². The number of hydrogen-bond acceptors (Lipinski definition) is 4. The molecule has 2 aliphatic rings. The minimum Gasteiger partial charge on any atom is -0.496 e. The second-order valence-corrected chi connectivity index (χ2v) is 12.8. The molecule has 4 rings (SSSR count). The van der Waals surface area contributed by atoms with Gasteiger partial charge in [-0.25, -0.2) is 4.79 Å². The van der Waals surface area contributed by atoms with Gasteiger partial charge >= 0.3 is 24.6 Å². The maximum absolute atomic E-state index is 14.2. The number of rotatable bonds is 7. The van der Waals surface area contributed by atoms with Crippen LogP contribution in [-0.4, -0.2) is 43.6 Å². The smallest absolute Gasteiger partial charge is 0.418 e. The molecule has 0 aromatic heterocycles. The Morgan fingerprint density at radius 2 is 1.56 bits per heavy atom. The van der Waals surface area contributed by atoms with Crippen molar-refractivity contribution >= 4 is 23.3 Å². The molecule has 2 atom stereocenters. The van der Waals surface area contributed by atoms with Crippen LogP contribution in [0.4, 0.5) is 50.0 Å². The summed E-state index contributed by atoms with van der Waals surface area (Å²) in [5.41, 5.74) is -4.04. The largest absolute Gasteiger partial charge is 0.496 e. The van der Waals surface area contributed by atoms with Crippen LogP contribution in [0.25, 0.3) is 5.57 Å². The van der Waals surface area contributed by atoms with E-state index in [0.29, 0.717) is 42.5 Å². The number of carbonyl (C=O) groups is 2. The lowest BCUT2D eigenvalue weighted by atomic mass is 9.72. The second-order valence-electron chi connectivity index (χ2n) is 12.8. The van der Waals surface area contributed by atoms with Crippen molar-refractivity contribution in [2.75, 3.05) is 25.6 Å². The van der Waals surface area contributed by atoms with Crippen molar-refractivity contribution in [3.05, 3.63) is 63.7 Å². The molecule has 6 nitrogen and oxygen atoms in total. The Morgan fingerprint density at radius 3 is 2.06 bits per heavy atom. The molecule has 2 amide bonds. The number of carbonyl (C=O) groups excluding carboxylic acids is 2. The normalized spacial score (nSPS) is 20.2. The van der Waals surface area contributed by atoms with Crippen LogP contribution in [0.1, 0.15) is 87.3 Å². The summed E-state index contributed by atoms with van der Waals surface area (Å²) in [6, 6.07) is 2.02. The van der Waals surface area contributed by atoms with Gasteiger partial charge in [0.15, 0.2) is 0 Å². The van der Waals surface area contributed by atoms with E-state index in [1.54, 1.807) is 0 Å². The third kappa shape index (κ3) is 7.54. The summed E-state index contributed by atoms with van der Waals surface area (Å²) < 4.78 is 135. The standard InChI is InChI=1S/C33H35F9N2O4/c1-7-27(45)43(5)25-13-23(26(47-6)14-24(25)33(40,41)42)22-8-9-30(3,4)15-19(22)16-44-17(2)28(48-29(44)46)18-10-20(31(34,35)36)12-21(11-18)32(37,38)39/h10-14,17,28H,7-9,15-16H2,1-6H3/t17-,28-/m0/s1. The van der Waals surface area contributed by atoms with E-state index in [4.69, 9.17) is 9.47 Å². The third-order valence-corrected chi connectivity index (χ3v) is 8.85. The molecule has 0 bridgehead atoms. The Labute approximate surface area is 271 Å². The van der Waals surface area contributed by atoms with Crippen molar-refractivity contribution in [1.29, 1.82) is 0 Å². The number of amides is 2. The minimum atomic E-state index is -5.11. The summed E-state index contributed by atoms with van der Waals surface area (Å²) in [5.74, 6) is -0.701. The number of ether oxygens (including phenoxy) is 2. The van der Waals surface area contributed by atoms with E-state index in [1.807, 2.05) is 13.8 Å². The molecule has 15 heteroatoms. The quantitative estimate of drug-likeness (QED) is 0.271. The van der Waals surface area contributed by atoms with E-state index in [-0.39, 0.29) is 35.8 Å². The van der Waals surface area contributed by atoms with Gasteiger partial charge in [0.25, 0.3) is 0 Å². The van der Waals surface area contributed by atoms with Gasteiger partial charge in [0.05, 0.1) is 35.5 Å². The van der Waals surface area contributed by atoms with E-state index in [1.165, 1.54) is 39.0 Å². The van der Waals surface area contributed by atoms with Crippen LogP contribution in [-0.2, 0) is 28.1 Å². The number of benzene rings is 2. The van der Waals surface area contributed by atoms with Gasteiger partial charge in [-0.1, -0.05) is 20.8 Å². The molecule has 1 aliphatic heterocycles. The Bertz CT molecular complexity index is 1580. The Hall–Kier alpha value is -3.91. The number of hydrogen-bond donors (Lipinski definition) is 0.